The predicted octanol–water partition coefficient (Wildman–Crippen LogP) is 1.39. The molecule has 1 saturated heterocycles. The number of aromatic nitrogens is 6. The fourth-order valence-electron chi connectivity index (χ4n) is 4.11. The van der Waals surface area contributed by atoms with E-state index in [-0.39, 0.29) is 11.5 Å². The molecule has 1 saturated carbocycles. The Balaban J connectivity index is 1.26. The highest BCUT2D eigenvalue weighted by Gasteiger charge is 2.26. The number of unbranched alkanes of at least 4 members (excludes halogenated alkanes) is 1. The fraction of sp³-hybridized carbons (Fsp3) is 0.600. The Labute approximate surface area is 174 Å². The van der Waals surface area contributed by atoms with Crippen molar-refractivity contribution in [2.45, 2.75) is 51.0 Å². The second-order valence-corrected chi connectivity index (χ2v) is 8.36. The first-order valence-corrected chi connectivity index (χ1v) is 10.9. The third kappa shape index (κ3) is 3.97. The largest absolute Gasteiger partial charge is 0.382 e. The standard InChI is InChI=1S/C20H29N9O/c21-16-15-19(27-18(26-16)17-23-11-14(24-17)13-5-6-13)29(20(30)25-15)10-2-1-7-22-12-28-8-3-4-9-28/h11,13,22H,1-10,12H2,(H,23,24)(H,25,30)(H2,21,26,27). The van der Waals surface area contributed by atoms with E-state index in [1.165, 1.54) is 38.8 Å². The number of rotatable bonds is 9. The van der Waals surface area contributed by atoms with E-state index in [9.17, 15) is 4.79 Å². The number of nitrogen functional groups attached to an aromatic ring is 1. The normalized spacial score (nSPS) is 17.3. The molecule has 160 valence electrons. The van der Waals surface area contributed by atoms with Crippen molar-refractivity contribution in [3.63, 3.8) is 0 Å². The van der Waals surface area contributed by atoms with Crippen LogP contribution in [0.15, 0.2) is 11.0 Å². The van der Waals surface area contributed by atoms with Gasteiger partial charge in [-0.15, -0.1) is 0 Å². The lowest BCUT2D eigenvalue weighted by Gasteiger charge is -2.15. The maximum atomic E-state index is 12.5. The van der Waals surface area contributed by atoms with Crippen LogP contribution in [-0.2, 0) is 6.54 Å². The minimum atomic E-state index is -0.203. The number of H-pyrrole nitrogens is 2. The zero-order valence-electron chi connectivity index (χ0n) is 17.2. The number of nitrogens with zero attached hydrogens (tertiary/aromatic N) is 5. The van der Waals surface area contributed by atoms with E-state index in [1.54, 1.807) is 4.57 Å². The van der Waals surface area contributed by atoms with Gasteiger partial charge in [0.1, 0.15) is 5.52 Å². The van der Waals surface area contributed by atoms with Crippen molar-refractivity contribution in [3.05, 3.63) is 22.4 Å². The van der Waals surface area contributed by atoms with Crippen LogP contribution < -0.4 is 16.7 Å². The highest BCUT2D eigenvalue weighted by atomic mass is 16.1. The highest BCUT2D eigenvalue weighted by molar-refractivity contribution is 5.83. The van der Waals surface area contributed by atoms with Crippen molar-refractivity contribution in [3.8, 4) is 11.6 Å². The van der Waals surface area contributed by atoms with Gasteiger partial charge in [0, 0.05) is 31.0 Å². The van der Waals surface area contributed by atoms with Gasteiger partial charge in [-0.25, -0.2) is 19.7 Å². The van der Waals surface area contributed by atoms with Crippen molar-refractivity contribution >= 4 is 17.0 Å². The number of aryl methyl sites for hydroxylation is 1. The van der Waals surface area contributed by atoms with Crippen LogP contribution in [0.3, 0.4) is 0 Å². The van der Waals surface area contributed by atoms with E-state index in [0.717, 1.165) is 31.7 Å². The lowest BCUT2D eigenvalue weighted by atomic mass is 10.3. The lowest BCUT2D eigenvalue weighted by Crippen LogP contribution is -2.32. The molecule has 0 radical (unpaired) electrons. The molecule has 3 aromatic rings. The van der Waals surface area contributed by atoms with E-state index in [2.05, 4.69) is 35.1 Å². The summed E-state index contributed by atoms with van der Waals surface area (Å²) in [6, 6.07) is 0. The Morgan fingerprint density at radius 3 is 2.80 bits per heavy atom. The molecule has 5 rings (SSSR count). The minimum Gasteiger partial charge on any atom is -0.382 e. The van der Waals surface area contributed by atoms with E-state index in [0.29, 0.717) is 35.3 Å². The van der Waals surface area contributed by atoms with Gasteiger partial charge in [-0.05, 0) is 58.2 Å². The summed E-state index contributed by atoms with van der Waals surface area (Å²) in [7, 11) is 0. The number of likely N-dealkylation sites (tertiary alicyclic amines) is 1. The van der Waals surface area contributed by atoms with Gasteiger partial charge in [-0.2, -0.15) is 0 Å². The second kappa shape index (κ2) is 8.19. The highest BCUT2D eigenvalue weighted by Crippen LogP contribution is 2.39. The Kier molecular flexibility index (Phi) is 5.26. The number of aromatic amines is 2. The SMILES string of the molecule is Nc1nc(-c2ncc(C3CC3)[nH]2)nc2c1[nH]c(=O)n2CCCCNCN1CCCC1. The number of fused-ring (bicyclic) bond motifs is 1. The van der Waals surface area contributed by atoms with Crippen LogP contribution in [0.2, 0.25) is 0 Å². The monoisotopic (exact) mass is 411 g/mol. The third-order valence-electron chi connectivity index (χ3n) is 5.99. The lowest BCUT2D eigenvalue weighted by molar-refractivity contribution is 0.308. The topological polar surface area (TPSA) is 134 Å². The summed E-state index contributed by atoms with van der Waals surface area (Å²) in [4.78, 5) is 34.4. The van der Waals surface area contributed by atoms with Gasteiger partial charge >= 0.3 is 5.69 Å². The number of nitrogens with one attached hydrogen (secondary N) is 3. The Morgan fingerprint density at radius 2 is 2.00 bits per heavy atom. The molecule has 0 aromatic carbocycles. The molecule has 0 spiro atoms. The summed E-state index contributed by atoms with van der Waals surface area (Å²) in [5, 5.41) is 3.49. The zero-order chi connectivity index (χ0) is 20.5. The van der Waals surface area contributed by atoms with Gasteiger partial charge in [-0.1, -0.05) is 0 Å². The predicted molar refractivity (Wildman–Crippen MR) is 115 cm³/mol. The molecule has 0 unspecified atom stereocenters. The molecule has 2 aliphatic rings. The summed E-state index contributed by atoms with van der Waals surface area (Å²) in [6.45, 7) is 4.86. The van der Waals surface area contributed by atoms with Crippen molar-refractivity contribution in [1.82, 2.24) is 39.7 Å². The molecule has 10 heteroatoms. The number of nitrogens with two attached hydrogens (primary N) is 1. The van der Waals surface area contributed by atoms with Gasteiger partial charge in [0.2, 0.25) is 0 Å². The van der Waals surface area contributed by atoms with Crippen molar-refractivity contribution < 1.29 is 0 Å². The van der Waals surface area contributed by atoms with E-state index < -0.39 is 0 Å². The molecule has 1 aliphatic carbocycles. The quantitative estimate of drug-likeness (QED) is 0.391. The van der Waals surface area contributed by atoms with Gasteiger partial charge in [0.15, 0.2) is 23.1 Å². The summed E-state index contributed by atoms with van der Waals surface area (Å²) in [5.74, 6) is 1.85. The maximum Gasteiger partial charge on any atom is 0.327 e. The van der Waals surface area contributed by atoms with Gasteiger partial charge in [0.05, 0.1) is 0 Å². The summed E-state index contributed by atoms with van der Waals surface area (Å²) >= 11 is 0. The van der Waals surface area contributed by atoms with Gasteiger partial charge in [0.25, 0.3) is 0 Å². The molecule has 0 bridgehead atoms. The Morgan fingerprint density at radius 1 is 1.17 bits per heavy atom. The maximum absolute atomic E-state index is 12.5. The molecule has 30 heavy (non-hydrogen) atoms. The van der Waals surface area contributed by atoms with Gasteiger partial charge < -0.3 is 21.0 Å². The van der Waals surface area contributed by atoms with Crippen LogP contribution in [0.25, 0.3) is 22.8 Å². The first-order chi connectivity index (χ1) is 14.7. The van der Waals surface area contributed by atoms with Crippen LogP contribution in [0.4, 0.5) is 5.82 Å². The van der Waals surface area contributed by atoms with Gasteiger partial charge in [-0.3, -0.25) is 9.47 Å². The van der Waals surface area contributed by atoms with Crippen molar-refractivity contribution in [2.75, 3.05) is 32.0 Å². The molecule has 0 atom stereocenters. The van der Waals surface area contributed by atoms with Crippen molar-refractivity contribution in [1.29, 1.82) is 0 Å². The summed E-state index contributed by atoms with van der Waals surface area (Å²) < 4.78 is 1.65. The number of anilines is 1. The Hall–Kier alpha value is -2.72. The summed E-state index contributed by atoms with van der Waals surface area (Å²) in [5.41, 5.74) is 8.06. The van der Waals surface area contributed by atoms with Crippen LogP contribution in [0.5, 0.6) is 0 Å². The van der Waals surface area contributed by atoms with Crippen LogP contribution >= 0.6 is 0 Å². The average molecular weight is 412 g/mol. The van der Waals surface area contributed by atoms with E-state index in [4.69, 9.17) is 5.73 Å². The number of hydrogen-bond donors (Lipinski definition) is 4. The minimum absolute atomic E-state index is 0.203. The van der Waals surface area contributed by atoms with E-state index >= 15 is 0 Å². The van der Waals surface area contributed by atoms with Crippen LogP contribution in [0, 0.1) is 0 Å². The zero-order valence-corrected chi connectivity index (χ0v) is 17.2. The molecule has 0 amide bonds. The molecular formula is C20H29N9O. The molecule has 10 nitrogen and oxygen atoms in total. The fourth-order valence-corrected chi connectivity index (χ4v) is 4.11. The molecule has 3 aromatic heterocycles. The molecule has 5 N–H and O–H groups in total. The van der Waals surface area contributed by atoms with Crippen LogP contribution in [-0.4, -0.2) is 60.7 Å². The number of hydrogen-bond acceptors (Lipinski definition) is 7. The van der Waals surface area contributed by atoms with E-state index in [1.807, 2.05) is 6.20 Å². The Bertz CT molecular complexity index is 1070. The molecule has 4 heterocycles. The summed E-state index contributed by atoms with van der Waals surface area (Å²) in [6.07, 6.45) is 8.70. The van der Waals surface area contributed by atoms with Crippen molar-refractivity contribution in [2.24, 2.45) is 0 Å². The first kappa shape index (κ1) is 19.3. The van der Waals surface area contributed by atoms with Crippen LogP contribution in [0.1, 0.15) is 50.1 Å². The molecule has 2 fully saturated rings. The first-order valence-electron chi connectivity index (χ1n) is 10.9. The third-order valence-corrected chi connectivity index (χ3v) is 5.99. The second-order valence-electron chi connectivity index (χ2n) is 8.36. The molecule has 1 aliphatic heterocycles. The smallest absolute Gasteiger partial charge is 0.327 e. The average Bonchev–Trinajstić information content (AvgIpc) is 3.14. The number of imidazole rings is 2. The molecular weight excluding hydrogens is 382 g/mol.